The third kappa shape index (κ3) is 8.33. The van der Waals surface area contributed by atoms with Crippen LogP contribution in [-0.2, 0) is 16.3 Å². The van der Waals surface area contributed by atoms with E-state index in [9.17, 15) is 4.21 Å². The predicted molar refractivity (Wildman–Crippen MR) is 107 cm³/mol. The second-order valence-electron chi connectivity index (χ2n) is 7.68. The summed E-state index contributed by atoms with van der Waals surface area (Å²) >= 11 is 0. The second kappa shape index (κ2) is 11.3. The van der Waals surface area contributed by atoms with Crippen molar-refractivity contribution in [2.24, 2.45) is 5.84 Å². The number of tetrazole rings is 1. The van der Waals surface area contributed by atoms with E-state index in [0.29, 0.717) is 0 Å². The van der Waals surface area contributed by atoms with E-state index in [1.165, 1.54) is 5.01 Å². The van der Waals surface area contributed by atoms with Gasteiger partial charge in [0.15, 0.2) is 0 Å². The topological polar surface area (TPSA) is 149 Å². The van der Waals surface area contributed by atoms with Crippen molar-refractivity contribution >= 4 is 17.1 Å². The predicted octanol–water partition coefficient (Wildman–Crippen LogP) is 2.22. The highest BCUT2D eigenvalue weighted by Gasteiger charge is 2.22. The molecule has 26 heavy (non-hydrogen) atoms. The van der Waals surface area contributed by atoms with Crippen LogP contribution in [0.15, 0.2) is 6.33 Å². The van der Waals surface area contributed by atoms with Crippen LogP contribution in [0, 0.1) is 5.41 Å². The number of hydrogen-bond acceptors (Lipinski definition) is 7. The van der Waals surface area contributed by atoms with Crippen molar-refractivity contribution in [2.45, 2.75) is 77.3 Å². The summed E-state index contributed by atoms with van der Waals surface area (Å²) in [5, 5.41) is 20.0. The Labute approximate surface area is 159 Å². The Kier molecular flexibility index (Phi) is 10.7. The molecule has 152 valence electrons. The van der Waals surface area contributed by atoms with Crippen molar-refractivity contribution in [3.05, 3.63) is 6.33 Å². The molecular weight excluding hydrogens is 352 g/mol. The lowest BCUT2D eigenvalue weighted by molar-refractivity contribution is 0.205. The first-order valence-electron chi connectivity index (χ1n) is 8.82. The third-order valence-electron chi connectivity index (χ3n) is 4.63. The molecule has 1 unspecified atom stereocenters. The summed E-state index contributed by atoms with van der Waals surface area (Å²) in [5.41, 5.74) is -0.343. The Morgan fingerprint density at radius 2 is 1.73 bits per heavy atom. The smallest absolute Gasteiger partial charge is 0.138 e. The molecule has 0 aliphatic heterocycles. The van der Waals surface area contributed by atoms with Crippen LogP contribution in [0.4, 0.5) is 0 Å². The Hall–Kier alpha value is -1.39. The van der Waals surface area contributed by atoms with Crippen molar-refractivity contribution in [1.82, 2.24) is 31.4 Å². The Bertz CT molecular complexity index is 532. The van der Waals surface area contributed by atoms with Gasteiger partial charge in [-0.2, -0.15) is 0 Å². The van der Waals surface area contributed by atoms with Gasteiger partial charge in [-0.1, -0.05) is 12.8 Å². The number of aromatic nitrogens is 4. The van der Waals surface area contributed by atoms with Gasteiger partial charge in [-0.3, -0.25) is 14.6 Å². The number of unbranched alkanes of at least 4 members (excludes halogenated alkanes) is 2. The van der Waals surface area contributed by atoms with Crippen LogP contribution < -0.4 is 12.0 Å². The number of nitrogens with one attached hydrogen (secondary N) is 1. The minimum atomic E-state index is -0.763. The van der Waals surface area contributed by atoms with Gasteiger partial charge < -0.3 is 6.15 Å². The van der Waals surface area contributed by atoms with Gasteiger partial charge in [-0.05, 0) is 63.8 Å². The van der Waals surface area contributed by atoms with E-state index in [2.05, 4.69) is 29.4 Å². The van der Waals surface area contributed by atoms with Gasteiger partial charge in [0, 0.05) is 22.3 Å². The molecular formula is C16H36N8OS. The summed E-state index contributed by atoms with van der Waals surface area (Å²) in [6, 6.07) is 0. The quantitative estimate of drug-likeness (QED) is 0.154. The first kappa shape index (κ1) is 24.6. The van der Waals surface area contributed by atoms with Gasteiger partial charge in [-0.15, -0.1) is 5.10 Å². The van der Waals surface area contributed by atoms with Gasteiger partial charge in [-0.25, -0.2) is 10.5 Å². The highest BCUT2D eigenvalue weighted by Crippen LogP contribution is 2.21. The SMILES string of the molecule is CC(C)(CCCCS(=O)CCCCC(C)(C)n1cnnn1)N(N)C=N.N. The molecule has 0 fully saturated rings. The normalized spacial score (nSPS) is 13.1. The van der Waals surface area contributed by atoms with Crippen LogP contribution in [0.25, 0.3) is 0 Å². The zero-order valence-corrected chi connectivity index (χ0v) is 17.5. The van der Waals surface area contributed by atoms with E-state index in [0.717, 1.165) is 56.4 Å². The van der Waals surface area contributed by atoms with Crippen molar-refractivity contribution in [3.63, 3.8) is 0 Å². The summed E-state index contributed by atoms with van der Waals surface area (Å²) in [5.74, 6) is 7.25. The molecule has 0 bridgehead atoms. The molecule has 9 nitrogen and oxygen atoms in total. The molecule has 0 radical (unpaired) electrons. The summed E-state index contributed by atoms with van der Waals surface area (Å²) in [7, 11) is -0.763. The molecule has 1 aromatic rings. The zero-order chi connectivity index (χ0) is 18.9. The number of nitrogens with zero attached hydrogens (tertiary/aromatic N) is 5. The van der Waals surface area contributed by atoms with Gasteiger partial charge in [0.2, 0.25) is 0 Å². The third-order valence-corrected chi connectivity index (χ3v) is 6.12. The first-order chi connectivity index (χ1) is 11.7. The molecule has 1 heterocycles. The molecule has 1 rings (SSSR count). The Morgan fingerprint density at radius 3 is 2.23 bits per heavy atom. The van der Waals surface area contributed by atoms with Crippen LogP contribution in [-0.4, -0.2) is 52.8 Å². The zero-order valence-electron chi connectivity index (χ0n) is 16.6. The van der Waals surface area contributed by atoms with Crippen LogP contribution in [0.1, 0.15) is 66.2 Å². The monoisotopic (exact) mass is 388 g/mol. The van der Waals surface area contributed by atoms with Crippen LogP contribution in [0.5, 0.6) is 0 Å². The van der Waals surface area contributed by atoms with E-state index in [4.69, 9.17) is 11.3 Å². The molecule has 1 aromatic heterocycles. The van der Waals surface area contributed by atoms with Crippen molar-refractivity contribution < 1.29 is 4.21 Å². The lowest BCUT2D eigenvalue weighted by Crippen LogP contribution is -2.47. The van der Waals surface area contributed by atoms with Gasteiger partial charge in [0.25, 0.3) is 0 Å². The maximum atomic E-state index is 12.1. The number of rotatable bonds is 13. The number of hydrazine groups is 1. The van der Waals surface area contributed by atoms with E-state index >= 15 is 0 Å². The summed E-state index contributed by atoms with van der Waals surface area (Å²) in [4.78, 5) is 0. The molecule has 0 saturated carbocycles. The summed E-state index contributed by atoms with van der Waals surface area (Å²) in [6.07, 6.45) is 8.48. The molecule has 1 atom stereocenters. The van der Waals surface area contributed by atoms with Gasteiger partial charge in [0.05, 0.1) is 17.4 Å². The van der Waals surface area contributed by atoms with Gasteiger partial charge in [0.1, 0.15) is 6.33 Å². The van der Waals surface area contributed by atoms with E-state index in [-0.39, 0.29) is 17.2 Å². The molecule has 0 aliphatic carbocycles. The lowest BCUT2D eigenvalue weighted by atomic mass is 9.97. The fourth-order valence-corrected chi connectivity index (χ4v) is 3.86. The Morgan fingerprint density at radius 1 is 1.15 bits per heavy atom. The minimum Gasteiger partial charge on any atom is -0.344 e. The minimum absolute atomic E-state index is 0. The summed E-state index contributed by atoms with van der Waals surface area (Å²) < 4.78 is 13.9. The standard InChI is InChI=1S/C16H33N7OS.H3N/c1-15(2,22(18)13-17)9-5-7-11-25(24)12-8-6-10-16(3,4)23-14-19-20-21-23;/h13-14,17H,5-12,18H2,1-4H3;1H3. The second-order valence-corrected chi connectivity index (χ2v) is 9.37. The highest BCUT2D eigenvalue weighted by atomic mass is 32.2. The fraction of sp³-hybridized carbons (Fsp3) is 0.875. The first-order valence-corrected chi connectivity index (χ1v) is 10.3. The maximum absolute atomic E-state index is 12.1. The molecule has 0 saturated heterocycles. The molecule has 0 aromatic carbocycles. The molecule has 0 aliphatic rings. The van der Waals surface area contributed by atoms with Crippen LogP contribution in [0.2, 0.25) is 0 Å². The molecule has 0 spiro atoms. The Balaban J connectivity index is 0.00000625. The van der Waals surface area contributed by atoms with Crippen LogP contribution in [0.3, 0.4) is 0 Å². The van der Waals surface area contributed by atoms with Crippen molar-refractivity contribution in [3.8, 4) is 0 Å². The lowest BCUT2D eigenvalue weighted by Gasteiger charge is -2.33. The summed E-state index contributed by atoms with van der Waals surface area (Å²) in [6.45, 7) is 8.25. The molecule has 6 N–H and O–H groups in total. The number of nitrogens with two attached hydrogens (primary N) is 1. The largest absolute Gasteiger partial charge is 0.344 e. The van der Waals surface area contributed by atoms with Gasteiger partial charge >= 0.3 is 0 Å². The fourth-order valence-electron chi connectivity index (χ4n) is 2.60. The van der Waals surface area contributed by atoms with E-state index in [1.807, 2.05) is 13.8 Å². The number of hydrogen-bond donors (Lipinski definition) is 3. The average Bonchev–Trinajstić information content (AvgIpc) is 3.10. The van der Waals surface area contributed by atoms with Crippen molar-refractivity contribution in [1.29, 1.82) is 5.41 Å². The van der Waals surface area contributed by atoms with E-state index in [1.54, 1.807) is 11.0 Å². The van der Waals surface area contributed by atoms with Crippen LogP contribution >= 0.6 is 0 Å². The average molecular weight is 389 g/mol. The van der Waals surface area contributed by atoms with Crippen molar-refractivity contribution in [2.75, 3.05) is 11.5 Å². The highest BCUT2D eigenvalue weighted by molar-refractivity contribution is 7.84. The molecule has 10 heteroatoms. The van der Waals surface area contributed by atoms with E-state index < -0.39 is 10.8 Å². The maximum Gasteiger partial charge on any atom is 0.138 e. The molecule has 0 amide bonds.